The number of aliphatic hydroxyl groups is 1. The van der Waals surface area contributed by atoms with Gasteiger partial charge in [0.1, 0.15) is 12.1 Å². The third kappa shape index (κ3) is 3.40. The first kappa shape index (κ1) is 13.2. The van der Waals surface area contributed by atoms with Crippen LogP contribution in [0.2, 0.25) is 0 Å². The number of rotatable bonds is 6. The van der Waals surface area contributed by atoms with Crippen LogP contribution in [0.3, 0.4) is 0 Å². The molecule has 0 amide bonds. The number of anilines is 1. The first-order valence-electron chi connectivity index (χ1n) is 6.55. The maximum Gasteiger partial charge on any atom is 0.132 e. The summed E-state index contributed by atoms with van der Waals surface area (Å²) in [6.45, 7) is 1.08. The minimum atomic E-state index is -0.417. The highest BCUT2D eigenvalue weighted by Gasteiger charge is 2.15. The van der Waals surface area contributed by atoms with Gasteiger partial charge in [-0.25, -0.2) is 9.97 Å². The Balaban J connectivity index is 1.89. The summed E-state index contributed by atoms with van der Waals surface area (Å²) in [6.07, 6.45) is 6.40. The number of ether oxygens (including phenoxy) is 1. The second-order valence-electron chi connectivity index (χ2n) is 4.68. The molecular weight excluding hydrogens is 230 g/mol. The Morgan fingerprint density at radius 3 is 3.06 bits per heavy atom. The number of aliphatic hydroxyl groups excluding tert-OH is 1. The highest BCUT2D eigenvalue weighted by molar-refractivity contribution is 5.46. The quantitative estimate of drug-likeness (QED) is 0.794. The Labute approximate surface area is 108 Å². The molecule has 2 rings (SSSR count). The zero-order chi connectivity index (χ0) is 12.8. The van der Waals surface area contributed by atoms with Crippen LogP contribution in [0.4, 0.5) is 5.82 Å². The van der Waals surface area contributed by atoms with E-state index in [0.717, 1.165) is 18.7 Å². The van der Waals surface area contributed by atoms with Crippen LogP contribution in [0.15, 0.2) is 6.33 Å². The van der Waals surface area contributed by atoms with E-state index >= 15 is 0 Å². The van der Waals surface area contributed by atoms with Crippen LogP contribution in [0.5, 0.6) is 0 Å². The van der Waals surface area contributed by atoms with Gasteiger partial charge in [0, 0.05) is 24.9 Å². The highest BCUT2D eigenvalue weighted by Crippen LogP contribution is 2.24. The van der Waals surface area contributed by atoms with E-state index in [-0.39, 0.29) is 0 Å². The maximum absolute atomic E-state index is 9.57. The van der Waals surface area contributed by atoms with E-state index in [1.807, 2.05) is 0 Å². The van der Waals surface area contributed by atoms with Crippen LogP contribution in [0.25, 0.3) is 0 Å². The summed E-state index contributed by atoms with van der Waals surface area (Å²) >= 11 is 0. The Morgan fingerprint density at radius 1 is 1.39 bits per heavy atom. The van der Waals surface area contributed by atoms with Gasteiger partial charge in [-0.3, -0.25) is 0 Å². The van der Waals surface area contributed by atoms with E-state index in [2.05, 4.69) is 15.3 Å². The average Bonchev–Trinajstić information content (AvgIpc) is 2.39. The maximum atomic E-state index is 9.57. The lowest BCUT2D eigenvalue weighted by molar-refractivity contribution is 0.0615. The minimum absolute atomic E-state index is 0.379. The van der Waals surface area contributed by atoms with Gasteiger partial charge in [0.2, 0.25) is 0 Å². The van der Waals surface area contributed by atoms with Gasteiger partial charge < -0.3 is 15.2 Å². The Kier molecular flexibility index (Phi) is 4.90. The van der Waals surface area contributed by atoms with E-state index in [1.165, 1.54) is 24.1 Å². The van der Waals surface area contributed by atoms with Gasteiger partial charge in [0.05, 0.1) is 12.7 Å². The van der Waals surface area contributed by atoms with Crippen molar-refractivity contribution in [3.05, 3.63) is 17.6 Å². The van der Waals surface area contributed by atoms with Crippen LogP contribution in [-0.4, -0.2) is 41.4 Å². The lowest BCUT2D eigenvalue weighted by atomic mass is 9.96. The van der Waals surface area contributed by atoms with Crippen molar-refractivity contribution in [2.75, 3.05) is 25.6 Å². The van der Waals surface area contributed by atoms with Crippen LogP contribution in [0, 0.1) is 0 Å². The second kappa shape index (κ2) is 6.66. The van der Waals surface area contributed by atoms with E-state index in [0.29, 0.717) is 19.6 Å². The van der Waals surface area contributed by atoms with E-state index in [9.17, 15) is 5.11 Å². The largest absolute Gasteiger partial charge is 0.391 e. The Bertz CT molecular complexity index is 384. The number of nitrogens with one attached hydrogen (secondary N) is 1. The normalized spacial score (nSPS) is 16.1. The van der Waals surface area contributed by atoms with Gasteiger partial charge in [-0.15, -0.1) is 0 Å². The molecule has 1 aromatic heterocycles. The topological polar surface area (TPSA) is 67.3 Å². The van der Waals surface area contributed by atoms with Gasteiger partial charge in [-0.1, -0.05) is 0 Å². The first-order valence-corrected chi connectivity index (χ1v) is 6.55. The predicted molar refractivity (Wildman–Crippen MR) is 69.7 cm³/mol. The zero-order valence-electron chi connectivity index (χ0n) is 10.9. The fourth-order valence-electron chi connectivity index (χ4n) is 2.31. The number of hydrogen-bond acceptors (Lipinski definition) is 5. The van der Waals surface area contributed by atoms with Gasteiger partial charge in [-0.2, -0.15) is 0 Å². The predicted octanol–water partition coefficient (Wildman–Crippen LogP) is 1.16. The molecule has 18 heavy (non-hydrogen) atoms. The van der Waals surface area contributed by atoms with Crippen molar-refractivity contribution in [1.82, 2.24) is 9.97 Å². The van der Waals surface area contributed by atoms with Crippen molar-refractivity contribution in [2.45, 2.75) is 38.2 Å². The van der Waals surface area contributed by atoms with Gasteiger partial charge in [-0.05, 0) is 32.1 Å². The Morgan fingerprint density at radius 2 is 2.22 bits per heavy atom. The van der Waals surface area contributed by atoms with Crippen molar-refractivity contribution in [3.63, 3.8) is 0 Å². The van der Waals surface area contributed by atoms with Crippen molar-refractivity contribution < 1.29 is 9.84 Å². The van der Waals surface area contributed by atoms with Crippen molar-refractivity contribution in [1.29, 1.82) is 0 Å². The molecule has 0 fully saturated rings. The van der Waals surface area contributed by atoms with Crippen LogP contribution < -0.4 is 5.32 Å². The number of hydrogen-bond donors (Lipinski definition) is 2. The molecule has 0 aromatic carbocycles. The number of aryl methyl sites for hydroxylation is 1. The van der Waals surface area contributed by atoms with Gasteiger partial charge in [0.15, 0.2) is 0 Å². The zero-order valence-corrected chi connectivity index (χ0v) is 10.9. The molecule has 2 N–H and O–H groups in total. The molecule has 0 bridgehead atoms. The molecule has 5 nitrogen and oxygen atoms in total. The van der Waals surface area contributed by atoms with E-state index in [1.54, 1.807) is 13.4 Å². The van der Waals surface area contributed by atoms with Crippen molar-refractivity contribution in [2.24, 2.45) is 0 Å². The lowest BCUT2D eigenvalue weighted by Gasteiger charge is -2.18. The van der Waals surface area contributed by atoms with Crippen LogP contribution in [-0.2, 0) is 17.6 Å². The molecule has 1 aromatic rings. The molecule has 1 atom stereocenters. The van der Waals surface area contributed by atoms with Crippen LogP contribution in [0.1, 0.15) is 30.5 Å². The molecule has 1 heterocycles. The SMILES string of the molecule is COCC(O)CCNc1ncnc2c1CCCC2. The molecule has 0 aliphatic heterocycles. The fraction of sp³-hybridized carbons (Fsp3) is 0.692. The fourth-order valence-corrected chi connectivity index (χ4v) is 2.31. The number of aromatic nitrogens is 2. The third-order valence-corrected chi connectivity index (χ3v) is 3.25. The summed E-state index contributed by atoms with van der Waals surface area (Å²) in [5, 5.41) is 12.9. The lowest BCUT2D eigenvalue weighted by Crippen LogP contribution is -2.20. The van der Waals surface area contributed by atoms with E-state index < -0.39 is 6.10 Å². The molecule has 0 saturated heterocycles. The molecule has 1 unspecified atom stereocenters. The van der Waals surface area contributed by atoms with Crippen LogP contribution >= 0.6 is 0 Å². The summed E-state index contributed by atoms with van der Waals surface area (Å²) < 4.78 is 4.89. The molecule has 1 aliphatic rings. The molecule has 0 saturated carbocycles. The number of fused-ring (bicyclic) bond motifs is 1. The average molecular weight is 251 g/mol. The summed E-state index contributed by atoms with van der Waals surface area (Å²) in [4.78, 5) is 8.63. The summed E-state index contributed by atoms with van der Waals surface area (Å²) in [5.74, 6) is 0.935. The Hall–Kier alpha value is -1.20. The molecule has 100 valence electrons. The summed E-state index contributed by atoms with van der Waals surface area (Å²) in [7, 11) is 1.59. The van der Waals surface area contributed by atoms with Crippen molar-refractivity contribution >= 4 is 5.82 Å². The van der Waals surface area contributed by atoms with Gasteiger partial charge in [0.25, 0.3) is 0 Å². The summed E-state index contributed by atoms with van der Waals surface area (Å²) in [5.41, 5.74) is 2.43. The monoisotopic (exact) mass is 251 g/mol. The summed E-state index contributed by atoms with van der Waals surface area (Å²) in [6, 6.07) is 0. The highest BCUT2D eigenvalue weighted by atomic mass is 16.5. The standard InChI is InChI=1S/C13H21N3O2/c1-18-8-10(17)6-7-14-13-11-4-2-3-5-12(11)15-9-16-13/h9-10,17H,2-8H2,1H3,(H,14,15,16). The van der Waals surface area contributed by atoms with Gasteiger partial charge >= 0.3 is 0 Å². The molecule has 0 spiro atoms. The molecular formula is C13H21N3O2. The first-order chi connectivity index (χ1) is 8.81. The molecule has 1 aliphatic carbocycles. The smallest absolute Gasteiger partial charge is 0.132 e. The van der Waals surface area contributed by atoms with Crippen molar-refractivity contribution in [3.8, 4) is 0 Å². The third-order valence-electron chi connectivity index (χ3n) is 3.25. The second-order valence-corrected chi connectivity index (χ2v) is 4.68. The molecule has 5 heteroatoms. The number of nitrogens with zero attached hydrogens (tertiary/aromatic N) is 2. The molecule has 0 radical (unpaired) electrons. The number of methoxy groups -OCH3 is 1. The minimum Gasteiger partial charge on any atom is -0.391 e. The van der Waals surface area contributed by atoms with E-state index in [4.69, 9.17) is 4.74 Å².